The molecular weight excluding hydrogens is 304 g/mol. The summed E-state index contributed by atoms with van der Waals surface area (Å²) in [5.41, 5.74) is 3.23. The molecule has 0 atom stereocenters. The number of hydrogen-bond acceptors (Lipinski definition) is 2. The van der Waals surface area contributed by atoms with Crippen molar-refractivity contribution in [3.05, 3.63) is 64.5 Å². The van der Waals surface area contributed by atoms with Gasteiger partial charge >= 0.3 is 0 Å². The van der Waals surface area contributed by atoms with E-state index >= 15 is 0 Å². The maximum absolute atomic E-state index is 5.16. The van der Waals surface area contributed by atoms with E-state index in [9.17, 15) is 0 Å². The topological polar surface area (TPSA) is 26.5 Å². The number of nitrogens with zero attached hydrogens (tertiary/aromatic N) is 2. The highest BCUT2D eigenvalue weighted by Gasteiger charge is 2.04. The Bertz CT molecular complexity index is 704. The fraction of sp³-hybridized carbons (Fsp3) is 0.133. The second-order valence-corrected chi connectivity index (χ2v) is 5.15. The van der Waals surface area contributed by atoms with E-state index in [0.29, 0.717) is 0 Å². The highest BCUT2D eigenvalue weighted by molar-refractivity contribution is 9.10. The van der Waals surface area contributed by atoms with Gasteiger partial charge in [-0.05, 0) is 45.8 Å². The molecule has 3 aromatic rings. The lowest BCUT2D eigenvalue weighted by molar-refractivity contribution is 0.414. The predicted octanol–water partition coefficient (Wildman–Crippen LogP) is 3.70. The molecule has 0 unspecified atom stereocenters. The molecule has 2 heterocycles. The van der Waals surface area contributed by atoms with Crippen LogP contribution in [0, 0.1) is 0 Å². The Labute approximate surface area is 120 Å². The highest BCUT2D eigenvalue weighted by atomic mass is 79.9. The van der Waals surface area contributed by atoms with Crippen LogP contribution >= 0.6 is 15.9 Å². The van der Waals surface area contributed by atoms with Crippen LogP contribution in [0.4, 0.5) is 0 Å². The van der Waals surface area contributed by atoms with E-state index in [1.54, 1.807) is 7.11 Å². The van der Waals surface area contributed by atoms with E-state index in [1.165, 1.54) is 5.56 Å². The van der Waals surface area contributed by atoms with Gasteiger partial charge in [0.25, 0.3) is 0 Å². The van der Waals surface area contributed by atoms with E-state index in [1.807, 2.05) is 34.7 Å². The minimum Gasteiger partial charge on any atom is -0.497 e. The van der Waals surface area contributed by atoms with Gasteiger partial charge < -0.3 is 4.74 Å². The summed E-state index contributed by atoms with van der Waals surface area (Å²) in [4.78, 5) is 4.61. The van der Waals surface area contributed by atoms with Crippen molar-refractivity contribution in [2.24, 2.45) is 0 Å². The lowest BCUT2D eigenvalue weighted by Gasteiger charge is -2.01. The van der Waals surface area contributed by atoms with E-state index in [0.717, 1.165) is 28.1 Å². The molecule has 4 heteroatoms. The molecule has 0 N–H and O–H groups in total. The number of pyridine rings is 1. The molecule has 3 nitrogen and oxygen atoms in total. The van der Waals surface area contributed by atoms with Crippen molar-refractivity contribution in [1.82, 2.24) is 9.38 Å². The number of aromatic nitrogens is 2. The second kappa shape index (κ2) is 5.05. The first-order valence-electron chi connectivity index (χ1n) is 6.02. The summed E-state index contributed by atoms with van der Waals surface area (Å²) in [6.07, 6.45) is 2.88. The predicted molar refractivity (Wildman–Crippen MR) is 78.7 cm³/mol. The van der Waals surface area contributed by atoms with Crippen LogP contribution in [0.2, 0.25) is 0 Å². The summed E-state index contributed by atoms with van der Waals surface area (Å²) < 4.78 is 8.21. The molecule has 0 saturated heterocycles. The summed E-state index contributed by atoms with van der Waals surface area (Å²) in [7, 11) is 1.68. The summed E-state index contributed by atoms with van der Waals surface area (Å²) in [6.45, 7) is 0. The molecule has 0 fully saturated rings. The monoisotopic (exact) mass is 316 g/mol. The molecule has 0 bridgehead atoms. The van der Waals surface area contributed by atoms with Crippen molar-refractivity contribution in [2.75, 3.05) is 7.11 Å². The lowest BCUT2D eigenvalue weighted by Crippen LogP contribution is -1.89. The Hall–Kier alpha value is -1.81. The van der Waals surface area contributed by atoms with E-state index < -0.39 is 0 Å². The molecule has 3 rings (SSSR count). The van der Waals surface area contributed by atoms with Gasteiger partial charge in [-0.2, -0.15) is 0 Å². The third-order valence-electron chi connectivity index (χ3n) is 3.04. The van der Waals surface area contributed by atoms with Gasteiger partial charge in [-0.25, -0.2) is 4.98 Å². The third-order valence-corrected chi connectivity index (χ3v) is 3.68. The highest BCUT2D eigenvalue weighted by Crippen LogP contribution is 2.17. The maximum Gasteiger partial charge on any atom is 0.137 e. The normalized spacial score (nSPS) is 10.8. The van der Waals surface area contributed by atoms with Crippen LogP contribution in [0.3, 0.4) is 0 Å². The summed E-state index contributed by atoms with van der Waals surface area (Å²) >= 11 is 3.52. The van der Waals surface area contributed by atoms with Gasteiger partial charge in [0.05, 0.1) is 17.4 Å². The number of ether oxygens (including phenoxy) is 1. The number of rotatable bonds is 3. The Morgan fingerprint density at radius 1 is 1.16 bits per heavy atom. The molecule has 19 heavy (non-hydrogen) atoms. The lowest BCUT2D eigenvalue weighted by atomic mass is 10.1. The third kappa shape index (κ3) is 2.49. The van der Waals surface area contributed by atoms with Gasteiger partial charge in [-0.3, -0.25) is 4.40 Å². The number of fused-ring (bicyclic) bond motifs is 1. The largest absolute Gasteiger partial charge is 0.497 e. The standard InChI is InChI=1S/C15H13BrN2O/c1-19-13-7-5-11(6-8-13)9-12-10-18-14(16)3-2-4-15(18)17-12/h2-8,10H,9H2,1H3. The van der Waals surface area contributed by atoms with Gasteiger partial charge in [0.15, 0.2) is 0 Å². The second-order valence-electron chi connectivity index (χ2n) is 4.33. The van der Waals surface area contributed by atoms with Crippen LogP contribution in [0.1, 0.15) is 11.3 Å². The van der Waals surface area contributed by atoms with Crippen LogP contribution in [-0.2, 0) is 6.42 Å². The average molecular weight is 317 g/mol. The van der Waals surface area contributed by atoms with E-state index in [-0.39, 0.29) is 0 Å². The molecule has 0 aliphatic rings. The quantitative estimate of drug-likeness (QED) is 0.689. The van der Waals surface area contributed by atoms with Crippen molar-refractivity contribution in [3.63, 3.8) is 0 Å². The molecule has 2 aromatic heterocycles. The minimum absolute atomic E-state index is 0.818. The molecule has 0 aliphatic heterocycles. The van der Waals surface area contributed by atoms with Gasteiger partial charge in [0, 0.05) is 12.6 Å². The molecule has 0 spiro atoms. The number of imidazole rings is 1. The number of methoxy groups -OCH3 is 1. The van der Waals surface area contributed by atoms with Gasteiger partial charge in [-0.1, -0.05) is 18.2 Å². The maximum atomic E-state index is 5.16. The Morgan fingerprint density at radius 2 is 1.95 bits per heavy atom. The summed E-state index contributed by atoms with van der Waals surface area (Å²) in [5, 5.41) is 0. The molecule has 0 saturated carbocycles. The van der Waals surface area contributed by atoms with Crippen LogP contribution in [-0.4, -0.2) is 16.5 Å². The molecule has 0 aliphatic carbocycles. The van der Waals surface area contributed by atoms with Crippen LogP contribution in [0.25, 0.3) is 5.65 Å². The molecule has 0 amide bonds. The van der Waals surface area contributed by atoms with Gasteiger partial charge in [-0.15, -0.1) is 0 Å². The fourth-order valence-corrected chi connectivity index (χ4v) is 2.50. The summed E-state index contributed by atoms with van der Waals surface area (Å²) in [6, 6.07) is 14.1. The zero-order valence-electron chi connectivity index (χ0n) is 10.5. The number of benzene rings is 1. The number of hydrogen-bond donors (Lipinski definition) is 0. The zero-order chi connectivity index (χ0) is 13.2. The van der Waals surface area contributed by atoms with Crippen molar-refractivity contribution in [1.29, 1.82) is 0 Å². The smallest absolute Gasteiger partial charge is 0.137 e. The summed E-state index contributed by atoms with van der Waals surface area (Å²) in [5.74, 6) is 0.876. The van der Waals surface area contributed by atoms with Crippen molar-refractivity contribution < 1.29 is 4.74 Å². The SMILES string of the molecule is COc1ccc(Cc2cn3c(Br)cccc3n2)cc1. The first-order valence-corrected chi connectivity index (χ1v) is 6.81. The number of halogens is 1. The van der Waals surface area contributed by atoms with Gasteiger partial charge in [0.1, 0.15) is 11.4 Å². The average Bonchev–Trinajstić information content (AvgIpc) is 2.84. The van der Waals surface area contributed by atoms with E-state index in [4.69, 9.17) is 4.74 Å². The Kier molecular flexibility index (Phi) is 3.25. The van der Waals surface area contributed by atoms with E-state index in [2.05, 4.69) is 39.2 Å². The minimum atomic E-state index is 0.818. The van der Waals surface area contributed by atoms with Crippen LogP contribution in [0.15, 0.2) is 53.3 Å². The first kappa shape index (κ1) is 12.2. The van der Waals surface area contributed by atoms with Crippen LogP contribution < -0.4 is 4.74 Å². The molecular formula is C15H13BrN2O. The Balaban J connectivity index is 1.90. The first-order chi connectivity index (χ1) is 9.26. The molecule has 96 valence electrons. The van der Waals surface area contributed by atoms with Gasteiger partial charge in [0.2, 0.25) is 0 Å². The van der Waals surface area contributed by atoms with Crippen molar-refractivity contribution in [3.8, 4) is 5.75 Å². The fourth-order valence-electron chi connectivity index (χ4n) is 2.07. The van der Waals surface area contributed by atoms with Crippen LogP contribution in [0.5, 0.6) is 5.75 Å². The molecule has 1 aromatic carbocycles. The Morgan fingerprint density at radius 3 is 2.63 bits per heavy atom. The van der Waals surface area contributed by atoms with Crippen molar-refractivity contribution in [2.45, 2.75) is 6.42 Å². The zero-order valence-corrected chi connectivity index (χ0v) is 12.1. The van der Waals surface area contributed by atoms with Crippen molar-refractivity contribution >= 4 is 21.6 Å². The molecule has 0 radical (unpaired) electrons.